The Morgan fingerprint density at radius 1 is 0.838 bits per heavy atom. The van der Waals surface area contributed by atoms with Gasteiger partial charge in [0.2, 0.25) is 0 Å². The molecular weight excluding hydrogens is 546 g/mol. The Kier molecular flexibility index (Phi) is 9.61. The van der Waals surface area contributed by atoms with Crippen molar-refractivity contribution in [3.8, 4) is 23.0 Å². The van der Waals surface area contributed by atoms with Crippen LogP contribution >= 0.6 is 15.9 Å². The fraction of sp³-hybridized carbons (Fsp3) is 0.154. The highest BCUT2D eigenvalue weighted by Crippen LogP contribution is 2.29. The fourth-order valence-electron chi connectivity index (χ4n) is 3.08. The molecule has 2 N–H and O–H groups in total. The number of nitrogens with one attached hydrogen (secondary N) is 2. The lowest BCUT2D eigenvalue weighted by Crippen LogP contribution is -2.34. The Morgan fingerprint density at radius 2 is 1.54 bits per heavy atom. The molecule has 0 saturated heterocycles. The molecule has 0 aromatic heterocycles. The number of nitrogens with zero attached hydrogens (tertiary/aromatic N) is 1. The topological polar surface area (TPSA) is 125 Å². The molecule has 0 aliphatic heterocycles. The summed E-state index contributed by atoms with van der Waals surface area (Å²) in [4.78, 5) is 36.8. The zero-order chi connectivity index (χ0) is 26.8. The van der Waals surface area contributed by atoms with Gasteiger partial charge in [0.15, 0.2) is 23.0 Å². The lowest BCUT2D eigenvalue weighted by atomic mass is 10.2. The number of rotatable bonds is 10. The summed E-state index contributed by atoms with van der Waals surface area (Å²) in [6.07, 6.45) is 1.39. The molecular formula is C26H24BrN3O7. The number of carbonyl (C=O) groups excluding carboxylic acids is 3. The molecule has 0 aliphatic rings. The third kappa shape index (κ3) is 7.55. The molecule has 2 amide bonds. The van der Waals surface area contributed by atoms with Crippen molar-refractivity contribution in [1.82, 2.24) is 10.7 Å². The molecule has 0 atom stereocenters. The van der Waals surface area contributed by atoms with E-state index in [0.717, 1.165) is 4.47 Å². The largest absolute Gasteiger partial charge is 0.493 e. The summed E-state index contributed by atoms with van der Waals surface area (Å²) in [6.45, 7) is -0.293. The lowest BCUT2D eigenvalue weighted by Gasteiger charge is -2.10. The van der Waals surface area contributed by atoms with Crippen LogP contribution in [0.5, 0.6) is 23.0 Å². The number of halogens is 1. The van der Waals surface area contributed by atoms with E-state index in [9.17, 15) is 14.4 Å². The molecule has 0 radical (unpaired) electrons. The van der Waals surface area contributed by atoms with Gasteiger partial charge in [-0.25, -0.2) is 10.2 Å². The maximum Gasteiger partial charge on any atom is 0.343 e. The summed E-state index contributed by atoms with van der Waals surface area (Å²) >= 11 is 3.32. The summed E-state index contributed by atoms with van der Waals surface area (Å²) in [5, 5.41) is 6.39. The quantitative estimate of drug-likeness (QED) is 0.165. The minimum Gasteiger partial charge on any atom is -0.493 e. The first-order chi connectivity index (χ1) is 17.8. The second-order valence-electron chi connectivity index (χ2n) is 7.36. The third-order valence-electron chi connectivity index (χ3n) is 4.91. The first-order valence-electron chi connectivity index (χ1n) is 10.8. The Balaban J connectivity index is 1.54. The van der Waals surface area contributed by atoms with Crippen LogP contribution in [0, 0.1) is 0 Å². The predicted molar refractivity (Wildman–Crippen MR) is 140 cm³/mol. The summed E-state index contributed by atoms with van der Waals surface area (Å²) < 4.78 is 21.8. The maximum absolute atomic E-state index is 12.4. The number of hydrogen-bond donors (Lipinski definition) is 2. The molecule has 37 heavy (non-hydrogen) atoms. The number of hydrogen-bond acceptors (Lipinski definition) is 8. The molecule has 0 spiro atoms. The third-order valence-corrected chi connectivity index (χ3v) is 5.40. The molecule has 0 fully saturated rings. The van der Waals surface area contributed by atoms with Crippen molar-refractivity contribution in [2.24, 2.45) is 5.10 Å². The normalized spacial score (nSPS) is 10.5. The van der Waals surface area contributed by atoms with E-state index in [1.807, 2.05) is 0 Å². The van der Waals surface area contributed by atoms with Crippen LogP contribution in [-0.4, -0.2) is 51.9 Å². The van der Waals surface area contributed by atoms with Crippen LogP contribution in [0.25, 0.3) is 0 Å². The Hall–Kier alpha value is -4.38. The summed E-state index contributed by atoms with van der Waals surface area (Å²) in [5.41, 5.74) is 3.59. The Labute approximate surface area is 221 Å². The van der Waals surface area contributed by atoms with E-state index >= 15 is 0 Å². The van der Waals surface area contributed by atoms with Gasteiger partial charge >= 0.3 is 5.97 Å². The van der Waals surface area contributed by atoms with Crippen LogP contribution in [0.15, 0.2) is 70.2 Å². The van der Waals surface area contributed by atoms with E-state index in [1.54, 1.807) is 54.6 Å². The molecule has 0 heterocycles. The van der Waals surface area contributed by atoms with Crippen molar-refractivity contribution >= 4 is 39.9 Å². The van der Waals surface area contributed by atoms with Crippen LogP contribution in [0.4, 0.5) is 0 Å². The molecule has 10 nitrogen and oxygen atoms in total. The zero-order valence-corrected chi connectivity index (χ0v) is 21.8. The molecule has 11 heteroatoms. The first-order valence-corrected chi connectivity index (χ1v) is 11.6. The van der Waals surface area contributed by atoms with Crippen LogP contribution in [0.1, 0.15) is 26.3 Å². The highest BCUT2D eigenvalue weighted by atomic mass is 79.9. The van der Waals surface area contributed by atoms with Gasteiger partial charge in [0.05, 0.1) is 39.7 Å². The summed E-state index contributed by atoms with van der Waals surface area (Å²) in [6, 6.07) is 16.3. The minimum atomic E-state index is -0.539. The van der Waals surface area contributed by atoms with Gasteiger partial charge in [-0.1, -0.05) is 22.0 Å². The molecule has 3 aromatic rings. The van der Waals surface area contributed by atoms with E-state index in [1.165, 1.54) is 33.6 Å². The van der Waals surface area contributed by atoms with Crippen LogP contribution < -0.4 is 29.7 Å². The van der Waals surface area contributed by atoms with Gasteiger partial charge in [0, 0.05) is 10.0 Å². The molecule has 192 valence electrons. The van der Waals surface area contributed by atoms with Crippen LogP contribution in [0.2, 0.25) is 0 Å². The van der Waals surface area contributed by atoms with Gasteiger partial charge in [-0.15, -0.1) is 0 Å². The summed E-state index contributed by atoms with van der Waals surface area (Å²) in [7, 11) is 4.40. The van der Waals surface area contributed by atoms with Gasteiger partial charge in [-0.3, -0.25) is 9.59 Å². The van der Waals surface area contributed by atoms with Crippen molar-refractivity contribution in [3.05, 3.63) is 81.8 Å². The van der Waals surface area contributed by atoms with E-state index in [0.29, 0.717) is 33.9 Å². The van der Waals surface area contributed by atoms with Gasteiger partial charge in [0.1, 0.15) is 0 Å². The number of carbonyl (C=O) groups is 3. The SMILES string of the molecule is COc1ccc(C(=O)NCC(=O)N/N=C/c2ccc(OC(=O)c3cccc(Br)c3)c(OC)c2)cc1OC. The van der Waals surface area contributed by atoms with Gasteiger partial charge < -0.3 is 24.3 Å². The van der Waals surface area contributed by atoms with Crippen molar-refractivity contribution in [1.29, 1.82) is 0 Å². The Morgan fingerprint density at radius 3 is 2.24 bits per heavy atom. The second-order valence-corrected chi connectivity index (χ2v) is 8.27. The smallest absolute Gasteiger partial charge is 0.343 e. The molecule has 0 bridgehead atoms. The molecule has 0 aliphatic carbocycles. The van der Waals surface area contributed by atoms with Gasteiger partial charge in [-0.05, 0) is 60.2 Å². The Bertz CT molecular complexity index is 1330. The highest BCUT2D eigenvalue weighted by Gasteiger charge is 2.14. The van der Waals surface area contributed by atoms with Crippen molar-refractivity contribution in [2.45, 2.75) is 0 Å². The number of hydrazone groups is 1. The lowest BCUT2D eigenvalue weighted by molar-refractivity contribution is -0.120. The van der Waals surface area contributed by atoms with Crippen molar-refractivity contribution in [3.63, 3.8) is 0 Å². The van der Waals surface area contributed by atoms with Gasteiger partial charge in [-0.2, -0.15) is 5.10 Å². The zero-order valence-electron chi connectivity index (χ0n) is 20.2. The molecule has 0 unspecified atom stereocenters. The van der Waals surface area contributed by atoms with Crippen LogP contribution in [0.3, 0.4) is 0 Å². The standard InChI is InChI=1S/C26H24BrN3O7/c1-34-20-10-8-17(13-23(20)36-3)25(32)28-15-24(31)30-29-14-16-7-9-21(22(11-16)35-2)37-26(33)18-5-4-6-19(27)12-18/h4-14H,15H2,1-3H3,(H,28,32)(H,30,31)/b29-14+. The van der Waals surface area contributed by atoms with Gasteiger partial charge in [0.25, 0.3) is 11.8 Å². The maximum atomic E-state index is 12.4. The average Bonchev–Trinajstić information content (AvgIpc) is 2.91. The minimum absolute atomic E-state index is 0.228. The molecule has 3 rings (SSSR count). The van der Waals surface area contributed by atoms with E-state index in [2.05, 4.69) is 31.8 Å². The van der Waals surface area contributed by atoms with Crippen LogP contribution in [-0.2, 0) is 4.79 Å². The highest BCUT2D eigenvalue weighted by molar-refractivity contribution is 9.10. The van der Waals surface area contributed by atoms with E-state index in [4.69, 9.17) is 18.9 Å². The first kappa shape index (κ1) is 27.2. The molecule has 0 saturated carbocycles. The number of esters is 1. The predicted octanol–water partition coefficient (Wildman–Crippen LogP) is 3.57. The monoisotopic (exact) mass is 569 g/mol. The number of methoxy groups -OCH3 is 3. The average molecular weight is 570 g/mol. The number of benzene rings is 3. The van der Waals surface area contributed by atoms with E-state index < -0.39 is 17.8 Å². The molecule has 3 aromatic carbocycles. The van der Waals surface area contributed by atoms with E-state index in [-0.39, 0.29) is 12.3 Å². The van der Waals surface area contributed by atoms with Crippen molar-refractivity contribution < 1.29 is 33.3 Å². The number of ether oxygens (including phenoxy) is 4. The number of amides is 2. The second kappa shape index (κ2) is 13.1. The summed E-state index contributed by atoms with van der Waals surface area (Å²) in [5.74, 6) is -0.114. The van der Waals surface area contributed by atoms with Crippen molar-refractivity contribution in [2.75, 3.05) is 27.9 Å². The fourth-order valence-corrected chi connectivity index (χ4v) is 3.48.